The maximum atomic E-state index is 11.9. The number of hydrogen-bond donors (Lipinski definition) is 0. The Hall–Kier alpha value is -0.860. The van der Waals surface area contributed by atoms with E-state index in [9.17, 15) is 4.39 Å². The Morgan fingerprint density at radius 1 is 1.86 bits per heavy atom. The van der Waals surface area contributed by atoms with Gasteiger partial charge in [0, 0.05) is 5.56 Å². The molecular formula is C4H4FNO. The van der Waals surface area contributed by atoms with Crippen LogP contribution in [0.4, 0.5) is 4.39 Å². The van der Waals surface area contributed by atoms with Crippen molar-refractivity contribution in [3.05, 3.63) is 17.8 Å². The first-order chi connectivity index (χ1) is 3.30. The summed E-state index contributed by atoms with van der Waals surface area (Å²) in [5.41, 5.74) is 0.444. The summed E-state index contributed by atoms with van der Waals surface area (Å²) in [6.07, 6.45) is 1.26. The molecule has 0 bridgehead atoms. The van der Waals surface area contributed by atoms with E-state index in [1.165, 1.54) is 6.26 Å². The minimum absolute atomic E-state index is 0.444. The van der Waals surface area contributed by atoms with Gasteiger partial charge in [-0.2, -0.15) is 4.39 Å². The molecule has 3 heteroatoms. The van der Waals surface area contributed by atoms with E-state index in [0.717, 1.165) is 0 Å². The second kappa shape index (κ2) is 1.33. The topological polar surface area (TPSA) is 26.0 Å². The molecule has 0 amide bonds. The Morgan fingerprint density at radius 3 is 2.71 bits per heavy atom. The summed E-state index contributed by atoms with van der Waals surface area (Å²) in [5, 5.41) is 2.97. The van der Waals surface area contributed by atoms with Crippen molar-refractivity contribution in [1.29, 1.82) is 0 Å². The summed E-state index contributed by atoms with van der Waals surface area (Å²) in [4.78, 5) is 0. The molecule has 0 spiro atoms. The molecule has 0 radical (unpaired) electrons. The van der Waals surface area contributed by atoms with Crippen LogP contribution in [0.3, 0.4) is 0 Å². The van der Waals surface area contributed by atoms with Crippen LogP contribution in [0, 0.1) is 12.9 Å². The van der Waals surface area contributed by atoms with Crippen LogP contribution in [0.5, 0.6) is 0 Å². The third-order valence-electron chi connectivity index (χ3n) is 0.688. The van der Waals surface area contributed by atoms with Crippen molar-refractivity contribution in [2.75, 3.05) is 0 Å². The van der Waals surface area contributed by atoms with E-state index in [2.05, 4.69) is 9.68 Å². The smallest absolute Gasteiger partial charge is 0.256 e. The van der Waals surface area contributed by atoms with Crippen molar-refractivity contribution < 1.29 is 8.91 Å². The van der Waals surface area contributed by atoms with Gasteiger partial charge in [0.25, 0.3) is 5.95 Å². The van der Waals surface area contributed by atoms with Crippen molar-refractivity contribution >= 4 is 0 Å². The molecule has 0 unspecified atom stereocenters. The van der Waals surface area contributed by atoms with Gasteiger partial charge in [-0.3, -0.25) is 0 Å². The van der Waals surface area contributed by atoms with Gasteiger partial charge in [-0.15, -0.1) is 0 Å². The molecule has 0 atom stereocenters. The number of hydrogen-bond acceptors (Lipinski definition) is 2. The first-order valence-electron chi connectivity index (χ1n) is 1.87. The number of rotatable bonds is 0. The minimum atomic E-state index is -0.528. The maximum absolute atomic E-state index is 11.9. The fourth-order valence-corrected chi connectivity index (χ4v) is 0.272. The molecule has 0 aliphatic carbocycles. The average molecular weight is 101 g/mol. The zero-order chi connectivity index (χ0) is 5.28. The summed E-state index contributed by atoms with van der Waals surface area (Å²) >= 11 is 0. The van der Waals surface area contributed by atoms with E-state index in [0.29, 0.717) is 5.56 Å². The molecule has 0 saturated heterocycles. The van der Waals surface area contributed by atoms with E-state index in [4.69, 9.17) is 0 Å². The summed E-state index contributed by atoms with van der Waals surface area (Å²) < 4.78 is 16.1. The monoisotopic (exact) mass is 101 g/mol. The highest BCUT2D eigenvalue weighted by Gasteiger charge is 1.96. The Kier molecular flexibility index (Phi) is 0.817. The molecule has 38 valence electrons. The van der Waals surface area contributed by atoms with Gasteiger partial charge >= 0.3 is 0 Å². The van der Waals surface area contributed by atoms with E-state index in [1.54, 1.807) is 6.92 Å². The molecule has 1 aromatic heterocycles. The fourth-order valence-electron chi connectivity index (χ4n) is 0.272. The number of aromatic nitrogens is 1. The molecule has 1 aromatic rings. The van der Waals surface area contributed by atoms with Crippen molar-refractivity contribution in [2.24, 2.45) is 0 Å². The van der Waals surface area contributed by atoms with Crippen LogP contribution < -0.4 is 0 Å². The van der Waals surface area contributed by atoms with Crippen LogP contribution in [0.15, 0.2) is 10.8 Å². The third kappa shape index (κ3) is 0.607. The van der Waals surface area contributed by atoms with Gasteiger partial charge in [-0.25, -0.2) is 0 Å². The van der Waals surface area contributed by atoms with Crippen LogP contribution >= 0.6 is 0 Å². The summed E-state index contributed by atoms with van der Waals surface area (Å²) in [6, 6.07) is 0. The Labute approximate surface area is 39.9 Å². The molecule has 0 aromatic carbocycles. The van der Waals surface area contributed by atoms with Gasteiger partial charge in [0.15, 0.2) is 0 Å². The molecule has 7 heavy (non-hydrogen) atoms. The zero-order valence-electron chi connectivity index (χ0n) is 3.81. The van der Waals surface area contributed by atoms with Crippen molar-refractivity contribution in [3.63, 3.8) is 0 Å². The Morgan fingerprint density at radius 2 is 2.57 bits per heavy atom. The Bertz CT molecular complexity index is 144. The van der Waals surface area contributed by atoms with Crippen LogP contribution in [0.1, 0.15) is 5.56 Å². The third-order valence-corrected chi connectivity index (χ3v) is 0.688. The molecule has 1 heterocycles. The average Bonchev–Trinajstić information content (AvgIpc) is 1.91. The lowest BCUT2D eigenvalue weighted by Crippen LogP contribution is -1.70. The minimum Gasteiger partial charge on any atom is -0.362 e. The highest BCUT2D eigenvalue weighted by atomic mass is 19.1. The SMILES string of the molecule is Cc1conc1F. The van der Waals surface area contributed by atoms with E-state index in [1.807, 2.05) is 0 Å². The number of nitrogens with zero attached hydrogens (tertiary/aromatic N) is 1. The first-order valence-corrected chi connectivity index (χ1v) is 1.87. The van der Waals surface area contributed by atoms with E-state index < -0.39 is 5.95 Å². The summed E-state index contributed by atoms with van der Waals surface area (Å²) in [5.74, 6) is -0.528. The highest BCUT2D eigenvalue weighted by molar-refractivity contribution is 4.97. The van der Waals surface area contributed by atoms with Crippen LogP contribution in [-0.4, -0.2) is 5.16 Å². The Balaban J connectivity index is 3.12. The first kappa shape index (κ1) is 4.30. The lowest BCUT2D eigenvalue weighted by atomic mass is 10.4. The van der Waals surface area contributed by atoms with Gasteiger partial charge < -0.3 is 4.52 Å². The second-order valence-electron chi connectivity index (χ2n) is 1.29. The van der Waals surface area contributed by atoms with Gasteiger partial charge in [0.05, 0.1) is 0 Å². The molecule has 1 rings (SSSR count). The molecule has 0 fully saturated rings. The molecule has 0 saturated carbocycles. The lowest BCUT2D eigenvalue weighted by molar-refractivity contribution is 0.375. The summed E-state index contributed by atoms with van der Waals surface area (Å²) in [7, 11) is 0. The molecule has 2 nitrogen and oxygen atoms in total. The van der Waals surface area contributed by atoms with Gasteiger partial charge in [0.1, 0.15) is 6.26 Å². The second-order valence-corrected chi connectivity index (χ2v) is 1.29. The molecule has 0 aliphatic rings. The van der Waals surface area contributed by atoms with Crippen molar-refractivity contribution in [3.8, 4) is 0 Å². The maximum Gasteiger partial charge on any atom is 0.256 e. The fraction of sp³-hybridized carbons (Fsp3) is 0.250. The number of aryl methyl sites for hydroxylation is 1. The van der Waals surface area contributed by atoms with Gasteiger partial charge in [-0.05, 0) is 12.1 Å². The van der Waals surface area contributed by atoms with Crippen LogP contribution in [0.2, 0.25) is 0 Å². The van der Waals surface area contributed by atoms with Gasteiger partial charge in [0.2, 0.25) is 0 Å². The molecule has 0 N–H and O–H groups in total. The van der Waals surface area contributed by atoms with Crippen molar-refractivity contribution in [2.45, 2.75) is 6.92 Å². The molecule has 0 aliphatic heterocycles. The quantitative estimate of drug-likeness (QED) is 0.489. The van der Waals surface area contributed by atoms with Crippen LogP contribution in [-0.2, 0) is 0 Å². The van der Waals surface area contributed by atoms with Crippen molar-refractivity contribution in [1.82, 2.24) is 5.16 Å². The number of halogens is 1. The van der Waals surface area contributed by atoms with Gasteiger partial charge in [-0.1, -0.05) is 0 Å². The standard InChI is InChI=1S/C4H4FNO/c1-3-2-7-6-4(3)5/h2H,1H3. The summed E-state index contributed by atoms with van der Waals surface area (Å²) in [6.45, 7) is 1.59. The van der Waals surface area contributed by atoms with E-state index >= 15 is 0 Å². The highest BCUT2D eigenvalue weighted by Crippen LogP contribution is 1.98. The van der Waals surface area contributed by atoms with E-state index in [-0.39, 0.29) is 0 Å². The normalized spacial score (nSPS) is 9.43. The van der Waals surface area contributed by atoms with Crippen LogP contribution in [0.25, 0.3) is 0 Å². The molecular weight excluding hydrogens is 97.0 g/mol. The predicted molar refractivity (Wildman–Crippen MR) is 21.2 cm³/mol. The predicted octanol–water partition coefficient (Wildman–Crippen LogP) is 1.12. The largest absolute Gasteiger partial charge is 0.362 e. The zero-order valence-corrected chi connectivity index (χ0v) is 3.81. The lowest BCUT2D eigenvalue weighted by Gasteiger charge is -1.69.